The summed E-state index contributed by atoms with van der Waals surface area (Å²) >= 11 is 0. The van der Waals surface area contributed by atoms with Crippen molar-refractivity contribution in [1.82, 2.24) is 20.9 Å². The molecule has 3 aliphatic rings. The van der Waals surface area contributed by atoms with E-state index in [4.69, 9.17) is 0 Å². The summed E-state index contributed by atoms with van der Waals surface area (Å²) in [4.78, 5) is 38.1. The van der Waals surface area contributed by atoms with Crippen molar-refractivity contribution in [2.45, 2.75) is 57.3 Å². The van der Waals surface area contributed by atoms with Crippen LogP contribution in [0.2, 0.25) is 0 Å². The summed E-state index contributed by atoms with van der Waals surface area (Å²) in [5.74, 6) is -0.735. The number of hydrogen-bond donors (Lipinski definition) is 3. The minimum atomic E-state index is -0.559. The van der Waals surface area contributed by atoms with E-state index >= 15 is 0 Å². The molecule has 0 saturated carbocycles. The summed E-state index contributed by atoms with van der Waals surface area (Å²) in [6.07, 6.45) is 4.11. The SMILES string of the molecule is O=C1CCC(N2Cc3c(CNC4CCCNCC4)cccc3C2=O)C(=O)N1. The number of nitrogens with one attached hydrogen (secondary N) is 3. The Morgan fingerprint density at radius 1 is 1.11 bits per heavy atom. The Kier molecular flexibility index (Phi) is 5.22. The van der Waals surface area contributed by atoms with Gasteiger partial charge in [-0.15, -0.1) is 0 Å². The monoisotopic (exact) mass is 370 g/mol. The maximum atomic E-state index is 12.9. The first-order valence-corrected chi connectivity index (χ1v) is 9.83. The van der Waals surface area contributed by atoms with Gasteiger partial charge in [0.25, 0.3) is 5.91 Å². The number of fused-ring (bicyclic) bond motifs is 1. The number of imide groups is 1. The number of rotatable bonds is 4. The highest BCUT2D eigenvalue weighted by Crippen LogP contribution is 2.30. The molecule has 7 heteroatoms. The average molecular weight is 370 g/mol. The van der Waals surface area contributed by atoms with Gasteiger partial charge in [0, 0.05) is 31.1 Å². The van der Waals surface area contributed by atoms with Crippen LogP contribution in [0.3, 0.4) is 0 Å². The summed E-state index contributed by atoms with van der Waals surface area (Å²) in [5.41, 5.74) is 2.81. The number of amides is 3. The van der Waals surface area contributed by atoms with E-state index in [1.165, 1.54) is 6.42 Å². The molecule has 0 spiro atoms. The van der Waals surface area contributed by atoms with Crippen LogP contribution < -0.4 is 16.0 Å². The molecular formula is C20H26N4O3. The smallest absolute Gasteiger partial charge is 0.255 e. The number of carbonyl (C=O) groups is 3. The molecule has 1 aromatic carbocycles. The van der Waals surface area contributed by atoms with Crippen molar-refractivity contribution in [3.63, 3.8) is 0 Å². The largest absolute Gasteiger partial charge is 0.322 e. The Balaban J connectivity index is 1.47. The predicted octanol–water partition coefficient (Wildman–Crippen LogP) is 0.679. The second-order valence-electron chi connectivity index (χ2n) is 7.60. The van der Waals surface area contributed by atoms with Crippen molar-refractivity contribution < 1.29 is 14.4 Å². The van der Waals surface area contributed by atoms with Crippen LogP contribution in [-0.4, -0.2) is 47.8 Å². The van der Waals surface area contributed by atoms with Crippen molar-refractivity contribution in [3.05, 3.63) is 34.9 Å². The van der Waals surface area contributed by atoms with Crippen LogP contribution in [0.15, 0.2) is 18.2 Å². The summed E-state index contributed by atoms with van der Waals surface area (Å²) in [7, 11) is 0. The van der Waals surface area contributed by atoms with Crippen molar-refractivity contribution >= 4 is 17.7 Å². The Hall–Kier alpha value is -2.25. The fraction of sp³-hybridized carbons (Fsp3) is 0.550. The first-order chi connectivity index (χ1) is 13.1. The normalized spacial score (nSPS) is 25.9. The van der Waals surface area contributed by atoms with Gasteiger partial charge < -0.3 is 15.5 Å². The number of piperidine rings is 1. The molecule has 3 heterocycles. The zero-order chi connectivity index (χ0) is 18.8. The van der Waals surface area contributed by atoms with Crippen LogP contribution in [0.1, 0.15) is 53.6 Å². The van der Waals surface area contributed by atoms with Gasteiger partial charge in [-0.05, 0) is 56.0 Å². The number of carbonyl (C=O) groups excluding carboxylic acids is 3. The van der Waals surface area contributed by atoms with Crippen LogP contribution >= 0.6 is 0 Å². The maximum Gasteiger partial charge on any atom is 0.255 e. The number of nitrogens with zero attached hydrogens (tertiary/aromatic N) is 1. The highest BCUT2D eigenvalue weighted by atomic mass is 16.2. The van der Waals surface area contributed by atoms with Gasteiger partial charge in [0.1, 0.15) is 6.04 Å². The van der Waals surface area contributed by atoms with Crippen LogP contribution in [0.25, 0.3) is 0 Å². The van der Waals surface area contributed by atoms with E-state index in [1.54, 1.807) is 4.90 Å². The van der Waals surface area contributed by atoms with Crippen LogP contribution in [0.4, 0.5) is 0 Å². The van der Waals surface area contributed by atoms with Gasteiger partial charge in [0.05, 0.1) is 0 Å². The third-order valence-corrected chi connectivity index (χ3v) is 5.84. The minimum absolute atomic E-state index is 0.111. The first-order valence-electron chi connectivity index (χ1n) is 9.83. The number of hydrogen-bond acceptors (Lipinski definition) is 5. The average Bonchev–Trinajstić information content (AvgIpc) is 2.84. The molecule has 27 heavy (non-hydrogen) atoms. The summed E-state index contributed by atoms with van der Waals surface area (Å²) in [6.45, 7) is 3.27. The highest BCUT2D eigenvalue weighted by molar-refractivity contribution is 6.05. The minimum Gasteiger partial charge on any atom is -0.322 e. The lowest BCUT2D eigenvalue weighted by Crippen LogP contribution is -2.52. The van der Waals surface area contributed by atoms with Gasteiger partial charge in [0.2, 0.25) is 11.8 Å². The summed E-state index contributed by atoms with van der Waals surface area (Å²) < 4.78 is 0. The third kappa shape index (κ3) is 3.75. The van der Waals surface area contributed by atoms with Gasteiger partial charge in [-0.3, -0.25) is 19.7 Å². The van der Waals surface area contributed by atoms with E-state index < -0.39 is 6.04 Å². The van der Waals surface area contributed by atoms with Crippen molar-refractivity contribution in [2.24, 2.45) is 0 Å². The van der Waals surface area contributed by atoms with E-state index in [1.807, 2.05) is 12.1 Å². The fourth-order valence-corrected chi connectivity index (χ4v) is 4.29. The Morgan fingerprint density at radius 3 is 2.85 bits per heavy atom. The second kappa shape index (κ2) is 7.78. The second-order valence-corrected chi connectivity index (χ2v) is 7.60. The molecule has 2 atom stereocenters. The fourth-order valence-electron chi connectivity index (χ4n) is 4.29. The van der Waals surface area contributed by atoms with Crippen LogP contribution in [0.5, 0.6) is 0 Å². The van der Waals surface area contributed by atoms with E-state index in [0.717, 1.165) is 43.6 Å². The van der Waals surface area contributed by atoms with Gasteiger partial charge in [-0.2, -0.15) is 0 Å². The topological polar surface area (TPSA) is 90.5 Å². The standard InChI is InChI=1S/C20H26N4O3/c25-18-7-6-17(19(26)23-18)24-12-16-13(3-1-5-15(16)20(24)27)11-22-14-4-2-9-21-10-8-14/h1,3,5,14,17,21-22H,2,4,6-12H2,(H,23,25,26). The molecule has 3 amide bonds. The zero-order valence-electron chi connectivity index (χ0n) is 15.4. The molecule has 0 aliphatic carbocycles. The molecule has 0 radical (unpaired) electrons. The van der Waals surface area contributed by atoms with Crippen molar-refractivity contribution in [1.29, 1.82) is 0 Å². The Labute approximate surface area is 158 Å². The molecule has 1 aromatic rings. The zero-order valence-corrected chi connectivity index (χ0v) is 15.4. The van der Waals surface area contributed by atoms with E-state index in [-0.39, 0.29) is 24.1 Å². The van der Waals surface area contributed by atoms with Crippen LogP contribution in [-0.2, 0) is 22.7 Å². The molecule has 7 nitrogen and oxygen atoms in total. The van der Waals surface area contributed by atoms with Gasteiger partial charge >= 0.3 is 0 Å². The molecule has 3 N–H and O–H groups in total. The molecule has 0 bridgehead atoms. The van der Waals surface area contributed by atoms with Crippen LogP contribution in [0, 0.1) is 0 Å². The Bertz CT molecular complexity index is 756. The molecule has 144 valence electrons. The Morgan fingerprint density at radius 2 is 2.00 bits per heavy atom. The quantitative estimate of drug-likeness (QED) is 0.678. The summed E-state index contributed by atoms with van der Waals surface area (Å²) in [5, 5.41) is 9.41. The lowest BCUT2D eigenvalue weighted by molar-refractivity contribution is -0.136. The molecule has 4 rings (SSSR count). The number of benzene rings is 1. The van der Waals surface area contributed by atoms with E-state index in [2.05, 4.69) is 22.0 Å². The summed E-state index contributed by atoms with van der Waals surface area (Å²) in [6, 6.07) is 5.73. The molecule has 2 unspecified atom stereocenters. The molecule has 0 aromatic heterocycles. The van der Waals surface area contributed by atoms with E-state index in [0.29, 0.717) is 24.6 Å². The van der Waals surface area contributed by atoms with E-state index in [9.17, 15) is 14.4 Å². The molecular weight excluding hydrogens is 344 g/mol. The first kappa shape index (κ1) is 18.1. The highest BCUT2D eigenvalue weighted by Gasteiger charge is 2.39. The molecule has 3 aliphatic heterocycles. The van der Waals surface area contributed by atoms with Gasteiger partial charge in [-0.1, -0.05) is 12.1 Å². The van der Waals surface area contributed by atoms with Crippen molar-refractivity contribution in [2.75, 3.05) is 13.1 Å². The predicted molar refractivity (Wildman–Crippen MR) is 99.8 cm³/mol. The van der Waals surface area contributed by atoms with Crippen molar-refractivity contribution in [3.8, 4) is 0 Å². The lowest BCUT2D eigenvalue weighted by atomic mass is 10.0. The van der Waals surface area contributed by atoms with Gasteiger partial charge in [0.15, 0.2) is 0 Å². The maximum absolute atomic E-state index is 12.9. The molecule has 2 saturated heterocycles. The molecule has 2 fully saturated rings. The third-order valence-electron chi connectivity index (χ3n) is 5.84. The lowest BCUT2D eigenvalue weighted by Gasteiger charge is -2.29. The van der Waals surface area contributed by atoms with Gasteiger partial charge in [-0.25, -0.2) is 0 Å².